The number of hydrogen-bond donors (Lipinski definition) is 1. The number of hydrogen-bond acceptors (Lipinski definition) is 5. The lowest BCUT2D eigenvalue weighted by Crippen LogP contribution is -2.59. The number of nitrogens with zero attached hydrogens (tertiary/aromatic N) is 1. The second kappa shape index (κ2) is 14.3. The van der Waals surface area contributed by atoms with Crippen LogP contribution in [0.2, 0.25) is 0 Å². The van der Waals surface area contributed by atoms with Gasteiger partial charge in [0.25, 0.3) is 7.82 Å². The minimum atomic E-state index is -4.82. The van der Waals surface area contributed by atoms with Crippen molar-refractivity contribution in [3.8, 4) is 0 Å². The van der Waals surface area contributed by atoms with Crippen LogP contribution in [0, 0.1) is 0 Å². The quantitative estimate of drug-likeness (QED) is 0.167. The maximum absolute atomic E-state index is 11.7. The summed E-state index contributed by atoms with van der Waals surface area (Å²) < 4.78 is 22.0. The van der Waals surface area contributed by atoms with Crippen molar-refractivity contribution < 1.29 is 32.9 Å². The van der Waals surface area contributed by atoms with Crippen molar-refractivity contribution in [1.29, 1.82) is 0 Å². The van der Waals surface area contributed by atoms with Crippen molar-refractivity contribution in [1.82, 2.24) is 0 Å². The minimum absolute atomic E-state index is 0.112. The molecule has 2 atom stereocenters. The molecule has 0 aromatic rings. The average molecular weight is 422 g/mol. The third-order valence-corrected chi connectivity index (χ3v) is 5.58. The number of quaternary nitrogens is 1. The van der Waals surface area contributed by atoms with Gasteiger partial charge in [-0.3, -0.25) is 4.57 Å². The minimum Gasteiger partial charge on any atom is -0.756 e. The Morgan fingerprint density at radius 3 is 1.93 bits per heavy atom. The maximum Gasteiger partial charge on any atom is 0.333 e. The van der Waals surface area contributed by atoms with Crippen LogP contribution in [0.25, 0.3) is 0 Å². The van der Waals surface area contributed by atoms with Gasteiger partial charge in [0.15, 0.2) is 0 Å². The van der Waals surface area contributed by atoms with E-state index in [0.717, 1.165) is 62.6 Å². The maximum atomic E-state index is 11.7. The molecule has 0 heterocycles. The van der Waals surface area contributed by atoms with Crippen LogP contribution in [0.3, 0.4) is 0 Å². The molecule has 0 rings (SSSR count). The molecule has 8 heteroatoms. The predicted molar refractivity (Wildman–Crippen MR) is 110 cm³/mol. The second-order valence-corrected chi connectivity index (χ2v) is 8.77. The summed E-state index contributed by atoms with van der Waals surface area (Å²) in [5.74, 6) is -0.454. The molecule has 0 aromatic heterocycles. The van der Waals surface area contributed by atoms with E-state index in [4.69, 9.17) is 14.2 Å². The fourth-order valence-corrected chi connectivity index (χ4v) is 3.77. The smallest absolute Gasteiger partial charge is 0.333 e. The first kappa shape index (κ1) is 27.3. The van der Waals surface area contributed by atoms with Crippen LogP contribution in [-0.2, 0) is 18.6 Å². The van der Waals surface area contributed by atoms with Crippen molar-refractivity contribution in [2.24, 2.45) is 0 Å². The number of carbonyl (C=O) groups is 1. The van der Waals surface area contributed by atoms with Crippen LogP contribution in [0.5, 0.6) is 0 Å². The van der Waals surface area contributed by atoms with E-state index < -0.39 is 13.8 Å². The first-order chi connectivity index (χ1) is 13.1. The largest absolute Gasteiger partial charge is 0.756 e. The van der Waals surface area contributed by atoms with Gasteiger partial charge in [0.1, 0.15) is 12.6 Å². The van der Waals surface area contributed by atoms with Crippen molar-refractivity contribution >= 4 is 13.8 Å². The summed E-state index contributed by atoms with van der Waals surface area (Å²) in [5, 5.41) is 0. The molecule has 0 aliphatic rings. The second-order valence-electron chi connectivity index (χ2n) is 7.57. The van der Waals surface area contributed by atoms with Gasteiger partial charge in [-0.2, -0.15) is 0 Å². The van der Waals surface area contributed by atoms with E-state index in [0.29, 0.717) is 12.0 Å². The molecule has 1 N–H and O–H groups in total. The third-order valence-electron chi connectivity index (χ3n) is 5.11. The first-order valence-corrected chi connectivity index (χ1v) is 12.0. The summed E-state index contributed by atoms with van der Waals surface area (Å²) in [5.41, 5.74) is 0.330. The highest BCUT2D eigenvalue weighted by Crippen LogP contribution is 2.33. The topological polar surface area (TPSA) is 95.9 Å². The first-order valence-electron chi connectivity index (χ1n) is 10.5. The summed E-state index contributed by atoms with van der Waals surface area (Å²) in [6.45, 7) is 14.4. The molecule has 0 radical (unpaired) electrons. The molecule has 0 aromatic carbocycles. The van der Waals surface area contributed by atoms with Gasteiger partial charge in [-0.1, -0.05) is 46.6 Å². The van der Waals surface area contributed by atoms with Gasteiger partial charge in [0.2, 0.25) is 0 Å². The standard InChI is InChI=1S/C20H40NO6P/c1-6-9-13-21(14-10-7-2,15-11-8-3)19(17-27-28(23,24)25)12-16-26-20(22)18(4)5/h19H,4,6-17H2,1-3,5H3,(H-,23,24,25). The zero-order valence-corrected chi connectivity index (χ0v) is 19.0. The Hall–Kier alpha value is -0.720. The molecule has 2 unspecified atom stereocenters. The highest BCUT2D eigenvalue weighted by Gasteiger charge is 2.36. The Labute approximate surface area is 170 Å². The van der Waals surface area contributed by atoms with Crippen LogP contribution in [0.4, 0.5) is 0 Å². The Balaban J connectivity index is 5.54. The number of carbonyl (C=O) groups excluding carboxylic acids is 1. The monoisotopic (exact) mass is 421 g/mol. The lowest BCUT2D eigenvalue weighted by molar-refractivity contribution is -0.952. The summed E-state index contributed by atoms with van der Waals surface area (Å²) >= 11 is 0. The van der Waals surface area contributed by atoms with Gasteiger partial charge in [-0.25, -0.2) is 4.79 Å². The molecule has 7 nitrogen and oxygen atoms in total. The molecule has 0 bridgehead atoms. The van der Waals surface area contributed by atoms with Crippen LogP contribution in [0.1, 0.15) is 72.6 Å². The van der Waals surface area contributed by atoms with Gasteiger partial charge in [-0.05, 0) is 26.2 Å². The highest BCUT2D eigenvalue weighted by atomic mass is 31.2. The Kier molecular flexibility index (Phi) is 13.9. The van der Waals surface area contributed by atoms with Crippen molar-refractivity contribution in [2.75, 3.05) is 32.8 Å². The van der Waals surface area contributed by atoms with Crippen LogP contribution >= 0.6 is 7.82 Å². The van der Waals surface area contributed by atoms with E-state index in [-0.39, 0.29) is 19.3 Å². The highest BCUT2D eigenvalue weighted by molar-refractivity contribution is 7.44. The molecule has 0 fully saturated rings. The number of phosphoric ester groups is 1. The predicted octanol–water partition coefficient (Wildman–Crippen LogP) is 3.56. The summed E-state index contributed by atoms with van der Waals surface area (Å²) in [6, 6.07) is -0.183. The van der Waals surface area contributed by atoms with E-state index in [1.165, 1.54) is 0 Å². The molecule has 28 heavy (non-hydrogen) atoms. The molecule has 0 saturated heterocycles. The van der Waals surface area contributed by atoms with Crippen LogP contribution in [-0.4, -0.2) is 54.2 Å². The lowest BCUT2D eigenvalue weighted by atomic mass is 10.0. The number of phosphoric acid groups is 1. The SMILES string of the molecule is C=C(C)C(=O)OCCC(COP(=O)([O-])O)[N+](CCCC)(CCCC)CCCC. The van der Waals surface area contributed by atoms with E-state index in [1.807, 2.05) is 0 Å². The molecular formula is C20H40NO6P. The molecular weight excluding hydrogens is 381 g/mol. The number of ether oxygens (including phenoxy) is 1. The molecule has 0 aliphatic heterocycles. The normalized spacial score (nSPS) is 15.1. The number of rotatable bonds is 17. The Morgan fingerprint density at radius 1 is 1.11 bits per heavy atom. The van der Waals surface area contributed by atoms with E-state index in [9.17, 15) is 14.3 Å². The van der Waals surface area contributed by atoms with Gasteiger partial charge >= 0.3 is 5.97 Å². The van der Waals surface area contributed by atoms with Crippen LogP contribution in [0.15, 0.2) is 12.2 Å². The molecule has 0 saturated carbocycles. The van der Waals surface area contributed by atoms with Crippen molar-refractivity contribution in [3.05, 3.63) is 12.2 Å². The molecule has 0 amide bonds. The van der Waals surface area contributed by atoms with Gasteiger partial charge < -0.3 is 23.5 Å². The third kappa shape index (κ3) is 11.3. The molecule has 0 spiro atoms. The fraction of sp³-hybridized carbons (Fsp3) is 0.850. The summed E-state index contributed by atoms with van der Waals surface area (Å²) in [4.78, 5) is 32.1. The van der Waals surface area contributed by atoms with Gasteiger partial charge in [0.05, 0.1) is 26.2 Å². The zero-order chi connectivity index (χ0) is 21.6. The molecule has 0 aliphatic carbocycles. The number of esters is 1. The summed E-state index contributed by atoms with van der Waals surface area (Å²) in [6.07, 6.45) is 6.64. The number of unbranched alkanes of at least 4 members (excludes halogenated alkanes) is 3. The summed E-state index contributed by atoms with van der Waals surface area (Å²) in [7, 11) is -4.82. The lowest BCUT2D eigenvalue weighted by Gasteiger charge is -2.46. The molecule has 166 valence electrons. The van der Waals surface area contributed by atoms with Crippen molar-refractivity contribution in [3.63, 3.8) is 0 Å². The Morgan fingerprint density at radius 2 is 1.57 bits per heavy atom. The average Bonchev–Trinajstić information content (AvgIpc) is 2.63. The zero-order valence-electron chi connectivity index (χ0n) is 18.2. The van der Waals surface area contributed by atoms with Gasteiger partial charge in [-0.15, -0.1) is 0 Å². The van der Waals surface area contributed by atoms with Gasteiger partial charge in [0, 0.05) is 12.0 Å². The van der Waals surface area contributed by atoms with E-state index >= 15 is 0 Å². The van der Waals surface area contributed by atoms with Crippen LogP contribution < -0.4 is 4.89 Å². The Bertz CT molecular complexity index is 483. The van der Waals surface area contributed by atoms with E-state index in [1.54, 1.807) is 6.92 Å². The van der Waals surface area contributed by atoms with Crippen molar-refractivity contribution in [2.45, 2.75) is 78.7 Å². The fourth-order valence-electron chi connectivity index (χ4n) is 3.41. The van der Waals surface area contributed by atoms with E-state index in [2.05, 4.69) is 27.4 Å².